The second kappa shape index (κ2) is 4.81. The van der Waals surface area contributed by atoms with Crippen LogP contribution in [0.5, 0.6) is 5.75 Å². The third kappa shape index (κ3) is 2.10. The normalized spacial score (nSPS) is 12.5. The lowest BCUT2D eigenvalue weighted by Gasteiger charge is -2.12. The molecular weight excluding hydrogens is 234 g/mol. The molecular formula is C17H17NO. The van der Waals surface area contributed by atoms with Gasteiger partial charge in [0.15, 0.2) is 0 Å². The van der Waals surface area contributed by atoms with Crippen LogP contribution in [0.25, 0.3) is 10.9 Å². The van der Waals surface area contributed by atoms with Gasteiger partial charge < -0.3 is 9.72 Å². The summed E-state index contributed by atoms with van der Waals surface area (Å²) in [6, 6.07) is 16.7. The number of benzene rings is 2. The van der Waals surface area contributed by atoms with Gasteiger partial charge in [0.25, 0.3) is 0 Å². The highest BCUT2D eigenvalue weighted by molar-refractivity contribution is 5.84. The summed E-state index contributed by atoms with van der Waals surface area (Å²) in [7, 11) is 1.69. The first kappa shape index (κ1) is 11.8. The van der Waals surface area contributed by atoms with Gasteiger partial charge in [-0.15, -0.1) is 0 Å². The summed E-state index contributed by atoms with van der Waals surface area (Å²) >= 11 is 0. The lowest BCUT2D eigenvalue weighted by atomic mass is 9.93. The molecule has 2 heteroatoms. The molecule has 0 aliphatic rings. The summed E-state index contributed by atoms with van der Waals surface area (Å²) in [5.41, 5.74) is 3.82. The fourth-order valence-corrected chi connectivity index (χ4v) is 2.52. The van der Waals surface area contributed by atoms with Crippen LogP contribution in [0.1, 0.15) is 24.0 Å². The molecule has 0 aliphatic carbocycles. The minimum Gasteiger partial charge on any atom is -0.497 e. The van der Waals surface area contributed by atoms with Crippen molar-refractivity contribution < 1.29 is 4.74 Å². The molecule has 0 fully saturated rings. The average molecular weight is 251 g/mol. The topological polar surface area (TPSA) is 25.0 Å². The number of methoxy groups -OCH3 is 1. The molecule has 1 aromatic heterocycles. The number of aromatic nitrogens is 1. The SMILES string of the molecule is COc1ccc(C(C)c2c[nH]c3ccccc23)cc1. The van der Waals surface area contributed by atoms with E-state index in [9.17, 15) is 0 Å². The maximum atomic E-state index is 5.20. The van der Waals surface area contributed by atoms with Crippen LogP contribution in [0, 0.1) is 0 Å². The Kier molecular flexibility index (Phi) is 3.00. The largest absolute Gasteiger partial charge is 0.497 e. The zero-order valence-corrected chi connectivity index (χ0v) is 11.2. The van der Waals surface area contributed by atoms with Gasteiger partial charge in [0.05, 0.1) is 7.11 Å². The third-order valence-electron chi connectivity index (χ3n) is 3.70. The number of para-hydroxylation sites is 1. The molecule has 0 saturated carbocycles. The molecule has 0 spiro atoms. The van der Waals surface area contributed by atoms with Crippen molar-refractivity contribution in [2.24, 2.45) is 0 Å². The van der Waals surface area contributed by atoms with Gasteiger partial charge in [-0.05, 0) is 29.3 Å². The van der Waals surface area contributed by atoms with Crippen LogP contribution in [-0.2, 0) is 0 Å². The van der Waals surface area contributed by atoms with Crippen molar-refractivity contribution in [3.63, 3.8) is 0 Å². The van der Waals surface area contributed by atoms with E-state index in [0.29, 0.717) is 5.92 Å². The smallest absolute Gasteiger partial charge is 0.118 e. The second-order valence-electron chi connectivity index (χ2n) is 4.78. The van der Waals surface area contributed by atoms with E-state index in [4.69, 9.17) is 4.74 Å². The minimum absolute atomic E-state index is 0.363. The summed E-state index contributed by atoms with van der Waals surface area (Å²) in [6.07, 6.45) is 2.11. The molecule has 2 aromatic carbocycles. The highest BCUT2D eigenvalue weighted by Gasteiger charge is 2.12. The van der Waals surface area contributed by atoms with Crippen molar-refractivity contribution in [3.8, 4) is 5.75 Å². The fraction of sp³-hybridized carbons (Fsp3) is 0.176. The van der Waals surface area contributed by atoms with Crippen LogP contribution in [0.2, 0.25) is 0 Å². The van der Waals surface area contributed by atoms with Gasteiger partial charge in [-0.1, -0.05) is 37.3 Å². The molecule has 19 heavy (non-hydrogen) atoms. The van der Waals surface area contributed by atoms with E-state index < -0.39 is 0 Å². The van der Waals surface area contributed by atoms with Gasteiger partial charge in [0.1, 0.15) is 5.75 Å². The number of fused-ring (bicyclic) bond motifs is 1. The number of H-pyrrole nitrogens is 1. The first-order chi connectivity index (χ1) is 9.29. The Morgan fingerprint density at radius 1 is 1.00 bits per heavy atom. The predicted octanol–water partition coefficient (Wildman–Crippen LogP) is 4.33. The summed E-state index contributed by atoms with van der Waals surface area (Å²) in [6.45, 7) is 2.23. The average Bonchev–Trinajstić information content (AvgIpc) is 2.90. The van der Waals surface area contributed by atoms with Crippen molar-refractivity contribution in [2.45, 2.75) is 12.8 Å². The molecule has 1 N–H and O–H groups in total. The Balaban J connectivity index is 2.00. The van der Waals surface area contributed by atoms with E-state index in [1.165, 1.54) is 22.0 Å². The fourth-order valence-electron chi connectivity index (χ4n) is 2.52. The second-order valence-corrected chi connectivity index (χ2v) is 4.78. The van der Waals surface area contributed by atoms with Crippen LogP contribution in [0.4, 0.5) is 0 Å². The van der Waals surface area contributed by atoms with Gasteiger partial charge in [-0.2, -0.15) is 0 Å². The van der Waals surface area contributed by atoms with E-state index in [0.717, 1.165) is 5.75 Å². The number of rotatable bonds is 3. The Hall–Kier alpha value is -2.22. The standard InChI is InChI=1S/C17H17NO/c1-12(13-7-9-14(19-2)10-8-13)16-11-18-17-6-4-3-5-15(16)17/h3-12,18H,1-2H3. The molecule has 1 unspecified atom stereocenters. The molecule has 96 valence electrons. The molecule has 0 aliphatic heterocycles. The first-order valence-electron chi connectivity index (χ1n) is 6.49. The molecule has 3 aromatic rings. The summed E-state index contributed by atoms with van der Waals surface area (Å²) in [5.74, 6) is 1.26. The van der Waals surface area contributed by atoms with Crippen LogP contribution in [0.3, 0.4) is 0 Å². The maximum absolute atomic E-state index is 5.20. The van der Waals surface area contributed by atoms with Gasteiger partial charge in [0, 0.05) is 23.0 Å². The zero-order valence-electron chi connectivity index (χ0n) is 11.2. The molecule has 3 rings (SSSR count). The highest BCUT2D eigenvalue weighted by Crippen LogP contribution is 2.31. The van der Waals surface area contributed by atoms with Crippen LogP contribution in [-0.4, -0.2) is 12.1 Å². The van der Waals surface area contributed by atoms with E-state index >= 15 is 0 Å². The lowest BCUT2D eigenvalue weighted by molar-refractivity contribution is 0.414. The number of hydrogen-bond acceptors (Lipinski definition) is 1. The molecule has 0 saturated heterocycles. The van der Waals surface area contributed by atoms with Gasteiger partial charge in [0.2, 0.25) is 0 Å². The quantitative estimate of drug-likeness (QED) is 0.736. The molecule has 1 atom stereocenters. The first-order valence-corrected chi connectivity index (χ1v) is 6.49. The lowest BCUT2D eigenvalue weighted by Crippen LogP contribution is -1.95. The summed E-state index contributed by atoms with van der Waals surface area (Å²) in [4.78, 5) is 3.34. The Labute approximate surface area is 113 Å². The van der Waals surface area contributed by atoms with E-state index in [1.54, 1.807) is 7.11 Å². The van der Waals surface area contributed by atoms with Crippen molar-refractivity contribution in [1.29, 1.82) is 0 Å². The Morgan fingerprint density at radius 3 is 2.47 bits per heavy atom. The monoisotopic (exact) mass is 251 g/mol. The Morgan fingerprint density at radius 2 is 1.74 bits per heavy atom. The molecule has 2 nitrogen and oxygen atoms in total. The Bertz CT molecular complexity index is 682. The van der Waals surface area contributed by atoms with Gasteiger partial charge in [-0.3, -0.25) is 0 Å². The molecule has 0 bridgehead atoms. The van der Waals surface area contributed by atoms with E-state index in [-0.39, 0.29) is 0 Å². The van der Waals surface area contributed by atoms with Crippen molar-refractivity contribution in [1.82, 2.24) is 4.98 Å². The summed E-state index contributed by atoms with van der Waals surface area (Å²) in [5, 5.41) is 1.30. The van der Waals surface area contributed by atoms with E-state index in [2.05, 4.69) is 54.5 Å². The van der Waals surface area contributed by atoms with E-state index in [1.807, 2.05) is 12.1 Å². The van der Waals surface area contributed by atoms with Crippen molar-refractivity contribution >= 4 is 10.9 Å². The number of aromatic amines is 1. The molecule has 0 radical (unpaired) electrons. The highest BCUT2D eigenvalue weighted by atomic mass is 16.5. The number of ether oxygens (including phenoxy) is 1. The maximum Gasteiger partial charge on any atom is 0.118 e. The summed E-state index contributed by atoms with van der Waals surface area (Å²) < 4.78 is 5.20. The van der Waals surface area contributed by atoms with Crippen LogP contribution in [0.15, 0.2) is 54.7 Å². The third-order valence-corrected chi connectivity index (χ3v) is 3.70. The van der Waals surface area contributed by atoms with Crippen LogP contribution >= 0.6 is 0 Å². The van der Waals surface area contributed by atoms with Gasteiger partial charge >= 0.3 is 0 Å². The number of hydrogen-bond donors (Lipinski definition) is 1. The predicted molar refractivity (Wildman–Crippen MR) is 78.8 cm³/mol. The zero-order chi connectivity index (χ0) is 13.2. The van der Waals surface area contributed by atoms with Crippen molar-refractivity contribution in [2.75, 3.05) is 7.11 Å². The van der Waals surface area contributed by atoms with Crippen LogP contribution < -0.4 is 4.74 Å². The van der Waals surface area contributed by atoms with Gasteiger partial charge in [-0.25, -0.2) is 0 Å². The molecule has 1 heterocycles. The van der Waals surface area contributed by atoms with Crippen molar-refractivity contribution in [3.05, 3.63) is 65.9 Å². The molecule has 0 amide bonds. The number of nitrogens with one attached hydrogen (secondary N) is 1. The minimum atomic E-state index is 0.363.